The Bertz CT molecular complexity index is 1420. The fourth-order valence-corrected chi connectivity index (χ4v) is 5.70. The van der Waals surface area contributed by atoms with Gasteiger partial charge in [0.2, 0.25) is 0 Å². The highest BCUT2D eigenvalue weighted by molar-refractivity contribution is 7.47. The number of carbonyl (C=O) groups is 2. The Morgan fingerprint density at radius 1 is 0.550 bits per heavy atom. The zero-order valence-electron chi connectivity index (χ0n) is 36.2. The molecule has 0 aromatic heterocycles. The van der Waals surface area contributed by atoms with E-state index in [1.165, 1.54) is 0 Å². The molecule has 0 rings (SSSR count). The van der Waals surface area contributed by atoms with Crippen LogP contribution in [0.5, 0.6) is 0 Å². The fraction of sp³-hybridized carbons (Fsp3) is 0.542. The molecule has 60 heavy (non-hydrogen) atoms. The van der Waals surface area contributed by atoms with Crippen LogP contribution in [0.25, 0.3) is 0 Å². The summed E-state index contributed by atoms with van der Waals surface area (Å²) in [6, 6.07) is 0. The quantitative estimate of drug-likeness (QED) is 0.0202. The van der Waals surface area contributed by atoms with Gasteiger partial charge in [0, 0.05) is 12.8 Å². The second-order valence-electron chi connectivity index (χ2n) is 13.8. The topological polar surface area (TPSA) is 169 Å². The molecule has 0 saturated carbocycles. The number of esters is 2. The van der Waals surface area contributed by atoms with Gasteiger partial charge in [0.1, 0.15) is 12.7 Å². The van der Waals surface area contributed by atoms with Gasteiger partial charge in [-0.3, -0.25) is 18.6 Å². The number of aliphatic hydroxyl groups is 3. The zero-order valence-corrected chi connectivity index (χ0v) is 37.1. The second kappa shape index (κ2) is 42.0. The molecular weight excluding hydrogens is 783 g/mol. The minimum Gasteiger partial charge on any atom is -0.462 e. The normalized spacial score (nSPS) is 15.5. The summed E-state index contributed by atoms with van der Waals surface area (Å²) >= 11 is 0. The Morgan fingerprint density at radius 2 is 1.00 bits per heavy atom. The number of allylic oxidation sites excluding steroid dienone is 19. The third kappa shape index (κ3) is 41.1. The second-order valence-corrected chi connectivity index (χ2v) is 15.3. The van der Waals surface area contributed by atoms with Crippen LogP contribution in [0, 0.1) is 0 Å². The molecule has 0 aliphatic carbocycles. The van der Waals surface area contributed by atoms with E-state index in [9.17, 15) is 29.3 Å². The van der Waals surface area contributed by atoms with E-state index in [2.05, 4.69) is 103 Å². The molecule has 4 atom stereocenters. The van der Waals surface area contributed by atoms with Crippen molar-refractivity contribution in [3.05, 3.63) is 122 Å². The highest BCUT2D eigenvalue weighted by atomic mass is 31.2. The van der Waals surface area contributed by atoms with Crippen molar-refractivity contribution >= 4 is 19.8 Å². The van der Waals surface area contributed by atoms with Crippen LogP contribution in [0.4, 0.5) is 0 Å². The van der Waals surface area contributed by atoms with E-state index in [1.54, 1.807) is 0 Å². The van der Waals surface area contributed by atoms with E-state index in [-0.39, 0.29) is 18.9 Å². The molecule has 0 spiro atoms. The van der Waals surface area contributed by atoms with E-state index in [4.69, 9.17) is 19.1 Å². The first-order valence-corrected chi connectivity index (χ1v) is 23.1. The molecule has 2 unspecified atom stereocenters. The molecule has 0 saturated heterocycles. The first-order chi connectivity index (χ1) is 29.1. The van der Waals surface area contributed by atoms with Crippen molar-refractivity contribution in [1.82, 2.24) is 0 Å². The average Bonchev–Trinajstić information content (AvgIpc) is 3.23. The minimum atomic E-state index is -4.67. The fourth-order valence-electron chi connectivity index (χ4n) is 4.91. The van der Waals surface area contributed by atoms with E-state index in [0.717, 1.165) is 64.2 Å². The van der Waals surface area contributed by atoms with Crippen LogP contribution in [0.2, 0.25) is 0 Å². The smallest absolute Gasteiger partial charge is 0.462 e. The van der Waals surface area contributed by atoms with Gasteiger partial charge in [0.05, 0.1) is 25.9 Å². The highest BCUT2D eigenvalue weighted by Gasteiger charge is 2.27. The van der Waals surface area contributed by atoms with Crippen molar-refractivity contribution in [3.63, 3.8) is 0 Å². The number of unbranched alkanes of at least 4 members (excludes halogenated alkanes) is 1. The Balaban J connectivity index is 4.57. The number of phosphoric ester groups is 1. The molecule has 0 fully saturated rings. The van der Waals surface area contributed by atoms with Gasteiger partial charge >= 0.3 is 19.8 Å². The van der Waals surface area contributed by atoms with Gasteiger partial charge in [-0.1, -0.05) is 142 Å². The number of carbonyl (C=O) groups excluding carboxylic acids is 2. The van der Waals surface area contributed by atoms with Crippen molar-refractivity contribution in [2.24, 2.45) is 0 Å². The SMILES string of the molecule is CC/C=C\C/C=C\C/C=C\C/C=C\C/C=C\C/C=C\CCC(=O)O[C@H](COC(=O)CCC/C=C\C/C=C\C/C=C\C/C=C\CC(O)CCC)COP(=O)(O)OC[C@@H](O)CO. The van der Waals surface area contributed by atoms with Crippen LogP contribution in [-0.2, 0) is 32.7 Å². The molecule has 0 heterocycles. The van der Waals surface area contributed by atoms with Gasteiger partial charge in [0.25, 0.3) is 0 Å². The number of hydrogen-bond donors (Lipinski definition) is 4. The van der Waals surface area contributed by atoms with E-state index in [0.29, 0.717) is 32.1 Å². The molecule has 0 radical (unpaired) electrons. The van der Waals surface area contributed by atoms with E-state index < -0.39 is 58.4 Å². The summed E-state index contributed by atoms with van der Waals surface area (Å²) in [7, 11) is -4.67. The van der Waals surface area contributed by atoms with Gasteiger partial charge < -0.3 is 29.7 Å². The van der Waals surface area contributed by atoms with Gasteiger partial charge in [-0.15, -0.1) is 0 Å². The predicted octanol–water partition coefficient (Wildman–Crippen LogP) is 10.5. The predicted molar refractivity (Wildman–Crippen MR) is 243 cm³/mol. The number of phosphoric acid groups is 1. The molecular formula is C48H75O11P. The van der Waals surface area contributed by atoms with Gasteiger partial charge in [0.15, 0.2) is 6.10 Å². The largest absolute Gasteiger partial charge is 0.472 e. The average molecular weight is 859 g/mol. The van der Waals surface area contributed by atoms with E-state index >= 15 is 0 Å². The van der Waals surface area contributed by atoms with Gasteiger partial charge in [-0.2, -0.15) is 0 Å². The Hall–Kier alpha value is -3.67. The summed E-state index contributed by atoms with van der Waals surface area (Å²) in [5.41, 5.74) is 0. The molecule has 0 aromatic rings. The molecule has 0 aromatic carbocycles. The van der Waals surface area contributed by atoms with Gasteiger partial charge in [-0.25, -0.2) is 4.57 Å². The summed E-state index contributed by atoms with van der Waals surface area (Å²) in [6.45, 7) is 1.87. The molecule has 0 aliphatic rings. The first-order valence-electron chi connectivity index (χ1n) is 21.6. The number of hydrogen-bond acceptors (Lipinski definition) is 10. The summed E-state index contributed by atoms with van der Waals surface area (Å²) < 4.78 is 32.5. The van der Waals surface area contributed by atoms with Gasteiger partial charge in [-0.05, 0) is 89.9 Å². The highest BCUT2D eigenvalue weighted by Crippen LogP contribution is 2.43. The number of rotatable bonds is 38. The molecule has 4 N–H and O–H groups in total. The summed E-state index contributed by atoms with van der Waals surface area (Å²) in [5, 5.41) is 28.1. The van der Waals surface area contributed by atoms with Crippen LogP contribution >= 0.6 is 7.82 Å². The van der Waals surface area contributed by atoms with Crippen molar-refractivity contribution in [3.8, 4) is 0 Å². The van der Waals surface area contributed by atoms with Crippen molar-refractivity contribution < 1.29 is 52.9 Å². The van der Waals surface area contributed by atoms with Crippen molar-refractivity contribution in [2.45, 2.75) is 141 Å². The maximum Gasteiger partial charge on any atom is 0.472 e. The lowest BCUT2D eigenvalue weighted by molar-refractivity contribution is -0.161. The number of ether oxygens (including phenoxy) is 2. The van der Waals surface area contributed by atoms with E-state index in [1.807, 2.05) is 36.5 Å². The summed E-state index contributed by atoms with van der Waals surface area (Å²) in [6.07, 6.45) is 51.0. The third-order valence-corrected chi connectivity index (χ3v) is 9.12. The van der Waals surface area contributed by atoms with Crippen molar-refractivity contribution in [1.29, 1.82) is 0 Å². The molecule has 338 valence electrons. The zero-order chi connectivity index (χ0) is 44.2. The molecule has 11 nitrogen and oxygen atoms in total. The maximum atomic E-state index is 12.6. The standard InChI is InChI=1S/C48H75O11P/c1-3-5-6-7-8-9-10-11-12-13-14-15-16-19-23-26-29-32-35-39-48(53)59-46(43-58-60(54,55)57-41-45(51)40-49)42-56-47(52)38-34-31-28-25-22-20-17-18-21-24-27-30-33-37-44(50)36-4-2/h5-6,8-9,11-12,14-15,17,19-21,23-25,28-30,32-33,44-46,49-51H,3-4,7,10,13,16,18,22,26-27,31,34-43H2,1-2H3,(H,54,55)/b6-5-,9-8-,12-11-,15-14-,20-17-,23-19-,24-21-,28-25-,32-29-,33-30-/t44?,45-,46+/m0/s1. The monoisotopic (exact) mass is 859 g/mol. The van der Waals surface area contributed by atoms with Crippen LogP contribution in [0.15, 0.2) is 122 Å². The molecule has 0 amide bonds. The van der Waals surface area contributed by atoms with Crippen molar-refractivity contribution in [2.75, 3.05) is 26.4 Å². The summed E-state index contributed by atoms with van der Waals surface area (Å²) in [4.78, 5) is 34.9. The van der Waals surface area contributed by atoms with Crippen LogP contribution in [0.3, 0.4) is 0 Å². The van der Waals surface area contributed by atoms with Crippen LogP contribution < -0.4 is 0 Å². The Labute approximate surface area is 360 Å². The molecule has 0 bridgehead atoms. The Morgan fingerprint density at radius 3 is 1.48 bits per heavy atom. The minimum absolute atomic E-state index is 0.0319. The Kier molecular flexibility index (Phi) is 39.5. The lowest BCUT2D eigenvalue weighted by Gasteiger charge is -2.20. The summed E-state index contributed by atoms with van der Waals surface area (Å²) in [5.74, 6) is -1.12. The molecule has 0 aliphatic heterocycles. The first kappa shape index (κ1) is 56.3. The third-order valence-electron chi connectivity index (χ3n) is 8.17. The van der Waals surface area contributed by atoms with Crippen LogP contribution in [0.1, 0.15) is 123 Å². The van der Waals surface area contributed by atoms with Crippen LogP contribution in [-0.4, -0.2) is 76.9 Å². The maximum absolute atomic E-state index is 12.6. The lowest BCUT2D eigenvalue weighted by atomic mass is 10.1. The lowest BCUT2D eigenvalue weighted by Crippen LogP contribution is -2.29. The number of aliphatic hydroxyl groups excluding tert-OH is 3. The molecule has 12 heteroatoms.